The number of fused-ring (bicyclic) bond motifs is 1. The first-order valence-electron chi connectivity index (χ1n) is 14.6. The summed E-state index contributed by atoms with van der Waals surface area (Å²) in [5.41, 5.74) is 2.39. The fourth-order valence-corrected chi connectivity index (χ4v) is 6.75. The van der Waals surface area contributed by atoms with Gasteiger partial charge in [0.2, 0.25) is 5.91 Å². The van der Waals surface area contributed by atoms with E-state index in [4.69, 9.17) is 9.47 Å². The van der Waals surface area contributed by atoms with Gasteiger partial charge in [-0.3, -0.25) is 9.69 Å². The molecule has 0 aromatic heterocycles. The van der Waals surface area contributed by atoms with E-state index in [9.17, 15) is 4.79 Å². The molecule has 2 saturated carbocycles. The Bertz CT molecular complexity index is 1060. The number of rotatable bonds is 11. The summed E-state index contributed by atoms with van der Waals surface area (Å²) in [6.07, 6.45) is 9.73. The topological polar surface area (TPSA) is 45.2 Å². The van der Waals surface area contributed by atoms with Crippen molar-refractivity contribution in [3.63, 3.8) is 0 Å². The summed E-state index contributed by atoms with van der Waals surface area (Å²) >= 11 is 0. The lowest BCUT2D eigenvalue weighted by molar-refractivity contribution is -0.145. The molecule has 2 aromatic carbocycles. The van der Waals surface area contributed by atoms with Gasteiger partial charge in [0, 0.05) is 49.9 Å². The van der Waals surface area contributed by atoms with Gasteiger partial charge in [0.1, 0.15) is 17.5 Å². The third-order valence-corrected chi connectivity index (χ3v) is 8.85. The molecule has 6 heteroatoms. The molecule has 0 radical (unpaired) electrons. The van der Waals surface area contributed by atoms with E-state index >= 15 is 0 Å². The van der Waals surface area contributed by atoms with Gasteiger partial charge in [0.15, 0.2) is 0 Å². The first-order chi connectivity index (χ1) is 18.6. The van der Waals surface area contributed by atoms with Crippen LogP contribution in [0.3, 0.4) is 0 Å². The number of methoxy groups -OCH3 is 2. The van der Waals surface area contributed by atoms with Crippen molar-refractivity contribution in [2.45, 2.75) is 82.6 Å². The molecule has 1 aliphatic heterocycles. The van der Waals surface area contributed by atoms with Gasteiger partial charge in [-0.05, 0) is 63.1 Å². The Labute approximate surface area is 228 Å². The van der Waals surface area contributed by atoms with Gasteiger partial charge in [0.25, 0.3) is 0 Å². The number of carbonyl (C=O) groups excluding carboxylic acids is 1. The van der Waals surface area contributed by atoms with Crippen LogP contribution in [0.1, 0.15) is 62.5 Å². The van der Waals surface area contributed by atoms with Gasteiger partial charge >= 0.3 is 0 Å². The molecule has 206 valence electrons. The Kier molecular flexibility index (Phi) is 8.90. The van der Waals surface area contributed by atoms with Gasteiger partial charge in [0.05, 0.1) is 14.2 Å². The van der Waals surface area contributed by atoms with Crippen LogP contribution in [-0.4, -0.2) is 73.1 Å². The van der Waals surface area contributed by atoms with Gasteiger partial charge in [-0.15, -0.1) is 0 Å². The highest BCUT2D eigenvalue weighted by Gasteiger charge is 2.43. The zero-order valence-corrected chi connectivity index (χ0v) is 23.5. The molecule has 1 amide bonds. The molecule has 6 nitrogen and oxygen atoms in total. The number of hydrogen-bond donors (Lipinski definition) is 0. The van der Waals surface area contributed by atoms with E-state index in [1.807, 2.05) is 12.1 Å². The zero-order valence-electron chi connectivity index (χ0n) is 23.5. The summed E-state index contributed by atoms with van der Waals surface area (Å²) in [6.45, 7) is 3.16. The second kappa shape index (κ2) is 12.5. The molecule has 3 aliphatic rings. The molecule has 5 rings (SSSR count). The lowest BCUT2D eigenvalue weighted by Gasteiger charge is -2.47. The molecule has 0 N–H and O–H groups in total. The molecule has 2 aromatic rings. The normalized spacial score (nSPS) is 22.3. The highest BCUT2D eigenvalue weighted by molar-refractivity contribution is 5.83. The summed E-state index contributed by atoms with van der Waals surface area (Å²) < 4.78 is 11.2. The molecule has 0 unspecified atom stereocenters. The Balaban J connectivity index is 1.42. The molecule has 1 heterocycles. The first-order valence-corrected chi connectivity index (χ1v) is 14.6. The minimum atomic E-state index is -0.177. The van der Waals surface area contributed by atoms with Crippen LogP contribution >= 0.6 is 0 Å². The molecule has 2 aliphatic carbocycles. The van der Waals surface area contributed by atoms with E-state index in [0.717, 1.165) is 56.0 Å². The number of piperidine rings is 1. The Morgan fingerprint density at radius 1 is 0.947 bits per heavy atom. The Morgan fingerprint density at radius 3 is 2.45 bits per heavy atom. The molecular weight excluding hydrogens is 474 g/mol. The molecule has 0 bridgehead atoms. The van der Waals surface area contributed by atoms with Crippen molar-refractivity contribution in [1.29, 1.82) is 0 Å². The monoisotopic (exact) mass is 519 g/mol. The smallest absolute Gasteiger partial charge is 0.241 e. The van der Waals surface area contributed by atoms with Crippen LogP contribution in [-0.2, 0) is 17.9 Å². The molecule has 3 fully saturated rings. The van der Waals surface area contributed by atoms with Crippen molar-refractivity contribution < 1.29 is 14.3 Å². The van der Waals surface area contributed by atoms with Crippen LogP contribution in [0.4, 0.5) is 0 Å². The quantitative estimate of drug-likeness (QED) is 0.401. The van der Waals surface area contributed by atoms with Crippen LogP contribution in [0.2, 0.25) is 0 Å². The van der Waals surface area contributed by atoms with Crippen molar-refractivity contribution in [2.24, 2.45) is 5.92 Å². The number of likely N-dealkylation sites (tertiary alicyclic amines) is 1. The van der Waals surface area contributed by atoms with Crippen molar-refractivity contribution in [2.75, 3.05) is 34.4 Å². The van der Waals surface area contributed by atoms with E-state index in [0.29, 0.717) is 30.5 Å². The number of carbonyl (C=O) groups is 1. The predicted molar refractivity (Wildman–Crippen MR) is 151 cm³/mol. The third kappa shape index (κ3) is 6.35. The van der Waals surface area contributed by atoms with E-state index in [-0.39, 0.29) is 6.04 Å². The predicted octanol–water partition coefficient (Wildman–Crippen LogP) is 5.35. The third-order valence-electron chi connectivity index (χ3n) is 8.85. The minimum absolute atomic E-state index is 0.177. The highest BCUT2D eigenvalue weighted by Crippen LogP contribution is 2.38. The van der Waals surface area contributed by atoms with Crippen molar-refractivity contribution >= 4 is 5.91 Å². The van der Waals surface area contributed by atoms with Gasteiger partial charge in [-0.25, -0.2) is 0 Å². The van der Waals surface area contributed by atoms with Gasteiger partial charge in [-0.1, -0.05) is 49.2 Å². The Morgan fingerprint density at radius 2 is 1.71 bits per heavy atom. The molecule has 3 atom stereocenters. The van der Waals surface area contributed by atoms with Gasteiger partial charge in [-0.2, -0.15) is 0 Å². The second-order valence-electron chi connectivity index (χ2n) is 11.6. The molecule has 0 spiro atoms. The number of likely N-dealkylation sites (N-methyl/N-ethyl adjacent to an activating group) is 1. The van der Waals surface area contributed by atoms with Crippen molar-refractivity contribution in [1.82, 2.24) is 14.7 Å². The summed E-state index contributed by atoms with van der Waals surface area (Å²) in [7, 11) is 5.55. The first kappa shape index (κ1) is 27.0. The SMILES string of the molecule is COc1ccc(CN(C2CC2)[C@H](CN(C)Cc2ccccc2)C(=O)N2CCC[C@H]3CCCC[C@@H]32)c(OC)c1. The molecule has 38 heavy (non-hydrogen) atoms. The maximum absolute atomic E-state index is 14.6. The van der Waals surface area contributed by atoms with Crippen LogP contribution in [0.15, 0.2) is 48.5 Å². The van der Waals surface area contributed by atoms with Crippen LogP contribution in [0.25, 0.3) is 0 Å². The number of benzene rings is 2. The number of amides is 1. The standard InChI is InChI=1S/C32H45N3O3/c1-33(21-24-10-5-4-6-11-24)23-30(32(36)34-19-9-13-25-12-7-8-14-29(25)34)35(27-16-17-27)22-26-15-18-28(37-2)20-31(26)38-3/h4-6,10-11,15,18,20,25,27,29-30H,7-9,12-14,16-17,19,21-23H2,1-3H3/t25-,29+,30-/m1/s1. The average Bonchev–Trinajstić information content (AvgIpc) is 3.80. The summed E-state index contributed by atoms with van der Waals surface area (Å²) in [4.78, 5) is 21.7. The summed E-state index contributed by atoms with van der Waals surface area (Å²) in [5.74, 6) is 2.63. The Hall–Kier alpha value is -2.57. The average molecular weight is 520 g/mol. The number of ether oxygens (including phenoxy) is 2. The van der Waals surface area contributed by atoms with Crippen LogP contribution in [0.5, 0.6) is 11.5 Å². The maximum Gasteiger partial charge on any atom is 0.241 e. The second-order valence-corrected chi connectivity index (χ2v) is 11.6. The summed E-state index contributed by atoms with van der Waals surface area (Å²) in [6, 6.07) is 17.3. The van der Waals surface area contributed by atoms with Crippen molar-refractivity contribution in [3.8, 4) is 11.5 Å². The molecular formula is C32H45N3O3. The largest absolute Gasteiger partial charge is 0.497 e. The fraction of sp³-hybridized carbons (Fsp3) is 0.594. The lowest BCUT2D eigenvalue weighted by atomic mass is 9.78. The van der Waals surface area contributed by atoms with E-state index < -0.39 is 0 Å². The zero-order chi connectivity index (χ0) is 26.5. The van der Waals surface area contributed by atoms with E-state index in [1.165, 1.54) is 37.7 Å². The highest BCUT2D eigenvalue weighted by atomic mass is 16.5. The van der Waals surface area contributed by atoms with Gasteiger partial charge < -0.3 is 19.3 Å². The fourth-order valence-electron chi connectivity index (χ4n) is 6.75. The van der Waals surface area contributed by atoms with Crippen LogP contribution < -0.4 is 9.47 Å². The minimum Gasteiger partial charge on any atom is -0.497 e. The number of hydrogen-bond acceptors (Lipinski definition) is 5. The summed E-state index contributed by atoms with van der Waals surface area (Å²) in [5, 5.41) is 0. The van der Waals surface area contributed by atoms with Crippen molar-refractivity contribution in [3.05, 3.63) is 59.7 Å². The molecule has 1 saturated heterocycles. The van der Waals surface area contributed by atoms with E-state index in [2.05, 4.69) is 58.1 Å². The van der Waals surface area contributed by atoms with Crippen LogP contribution in [0, 0.1) is 5.92 Å². The van der Waals surface area contributed by atoms with E-state index in [1.54, 1.807) is 14.2 Å². The maximum atomic E-state index is 14.6. The number of nitrogens with zero attached hydrogens (tertiary/aromatic N) is 3. The lowest BCUT2D eigenvalue weighted by Crippen LogP contribution is -2.59.